The van der Waals surface area contributed by atoms with E-state index in [-0.39, 0.29) is 0 Å². The molecular formula is C7H7NO5. The Morgan fingerprint density at radius 1 is 1.38 bits per heavy atom. The van der Waals surface area contributed by atoms with E-state index in [1.807, 2.05) is 5.32 Å². The molecule has 1 atom stereocenters. The van der Waals surface area contributed by atoms with Crippen molar-refractivity contribution in [3.63, 3.8) is 0 Å². The maximum atomic E-state index is 10.5. The number of hydrogen-bond donors (Lipinski definition) is 3. The average molecular weight is 185 g/mol. The van der Waals surface area contributed by atoms with Crippen molar-refractivity contribution in [2.24, 2.45) is 0 Å². The van der Waals surface area contributed by atoms with Crippen LogP contribution in [0.1, 0.15) is 6.42 Å². The molecular weight excluding hydrogens is 178 g/mol. The van der Waals surface area contributed by atoms with Gasteiger partial charge in [-0.1, -0.05) is 0 Å². The zero-order chi connectivity index (χ0) is 10.4. The molecule has 0 aromatic rings. The van der Waals surface area contributed by atoms with Crippen LogP contribution in [-0.2, 0) is 14.4 Å². The Hall–Kier alpha value is -2.03. The number of nitrogens with one attached hydrogen (secondary N) is 1. The second kappa shape index (κ2) is 4.77. The van der Waals surface area contributed by atoms with Gasteiger partial charge in [0, 0.05) is 0 Å². The number of carboxylic acid groups (broad SMARTS) is 2. The van der Waals surface area contributed by atoms with Gasteiger partial charge in [0.1, 0.15) is 6.04 Å². The van der Waals surface area contributed by atoms with E-state index in [4.69, 9.17) is 10.2 Å². The molecule has 0 rings (SSSR count). The molecule has 6 heteroatoms. The zero-order valence-electron chi connectivity index (χ0n) is 6.48. The van der Waals surface area contributed by atoms with Crippen molar-refractivity contribution in [2.45, 2.75) is 12.5 Å². The molecule has 0 aliphatic heterocycles. The minimum Gasteiger partial charge on any atom is -0.481 e. The monoisotopic (exact) mass is 185 g/mol. The number of amides is 1. The van der Waals surface area contributed by atoms with E-state index >= 15 is 0 Å². The maximum absolute atomic E-state index is 10.5. The van der Waals surface area contributed by atoms with Gasteiger partial charge in [-0.25, -0.2) is 4.79 Å². The maximum Gasteiger partial charge on any atom is 0.326 e. The molecule has 1 amide bonds. The van der Waals surface area contributed by atoms with Crippen LogP contribution >= 0.6 is 0 Å². The summed E-state index contributed by atoms with van der Waals surface area (Å²) >= 11 is 0. The van der Waals surface area contributed by atoms with E-state index < -0.39 is 30.3 Å². The molecule has 0 saturated heterocycles. The Kier molecular flexibility index (Phi) is 4.02. The summed E-state index contributed by atoms with van der Waals surface area (Å²) in [5.74, 6) is -2.10. The quantitative estimate of drug-likeness (QED) is 0.470. The molecule has 70 valence electrons. The highest BCUT2D eigenvalue weighted by atomic mass is 16.4. The number of terminal acetylenes is 1. The Labute approximate surface area is 73.6 Å². The first-order valence-electron chi connectivity index (χ1n) is 3.19. The van der Waals surface area contributed by atoms with Crippen LogP contribution in [0.25, 0.3) is 0 Å². The van der Waals surface area contributed by atoms with Crippen molar-refractivity contribution >= 4 is 17.8 Å². The van der Waals surface area contributed by atoms with Crippen LogP contribution in [0.2, 0.25) is 0 Å². The number of aliphatic carboxylic acids is 2. The van der Waals surface area contributed by atoms with Crippen molar-refractivity contribution in [3.8, 4) is 12.3 Å². The van der Waals surface area contributed by atoms with E-state index in [0.717, 1.165) is 0 Å². The lowest BCUT2D eigenvalue weighted by molar-refractivity contribution is -0.146. The molecule has 0 aromatic heterocycles. The Morgan fingerprint density at radius 2 is 1.92 bits per heavy atom. The smallest absolute Gasteiger partial charge is 0.326 e. The van der Waals surface area contributed by atoms with E-state index in [0.29, 0.717) is 0 Å². The number of hydrogen-bond acceptors (Lipinski definition) is 3. The van der Waals surface area contributed by atoms with Crippen LogP contribution in [0.3, 0.4) is 0 Å². The van der Waals surface area contributed by atoms with Gasteiger partial charge in [-0.15, -0.1) is 6.42 Å². The van der Waals surface area contributed by atoms with Crippen molar-refractivity contribution in [1.82, 2.24) is 5.32 Å². The first-order chi connectivity index (χ1) is 5.97. The largest absolute Gasteiger partial charge is 0.481 e. The summed E-state index contributed by atoms with van der Waals surface area (Å²) in [6.07, 6.45) is 3.94. The van der Waals surface area contributed by atoms with Gasteiger partial charge in [0.2, 0.25) is 0 Å². The van der Waals surface area contributed by atoms with Gasteiger partial charge in [-0.2, -0.15) is 0 Å². The van der Waals surface area contributed by atoms with Crippen molar-refractivity contribution in [3.05, 3.63) is 0 Å². The number of carboxylic acids is 2. The molecule has 0 saturated carbocycles. The molecule has 6 nitrogen and oxygen atoms in total. The van der Waals surface area contributed by atoms with E-state index in [1.165, 1.54) is 0 Å². The predicted molar refractivity (Wildman–Crippen MR) is 40.7 cm³/mol. The second-order valence-electron chi connectivity index (χ2n) is 2.11. The normalized spacial score (nSPS) is 11.0. The van der Waals surface area contributed by atoms with E-state index in [1.54, 1.807) is 5.92 Å². The Bertz CT molecular complexity index is 277. The highest BCUT2D eigenvalue weighted by Crippen LogP contribution is 1.92. The van der Waals surface area contributed by atoms with Crippen LogP contribution in [0.5, 0.6) is 0 Å². The van der Waals surface area contributed by atoms with Crippen LogP contribution < -0.4 is 5.32 Å². The molecule has 0 aliphatic rings. The molecule has 1 unspecified atom stereocenters. The molecule has 0 heterocycles. The Balaban J connectivity index is 4.28. The van der Waals surface area contributed by atoms with Gasteiger partial charge in [0.05, 0.1) is 6.42 Å². The van der Waals surface area contributed by atoms with Crippen LogP contribution in [0, 0.1) is 12.3 Å². The average Bonchev–Trinajstić information content (AvgIpc) is 2.02. The fourth-order valence-corrected chi connectivity index (χ4v) is 0.575. The lowest BCUT2D eigenvalue weighted by atomic mass is 10.2. The summed E-state index contributed by atoms with van der Waals surface area (Å²) in [4.78, 5) is 31.0. The first kappa shape index (κ1) is 11.0. The molecule has 0 aliphatic carbocycles. The van der Waals surface area contributed by atoms with Gasteiger partial charge in [0.15, 0.2) is 0 Å². The molecule has 0 bridgehead atoms. The molecule has 13 heavy (non-hydrogen) atoms. The number of carbonyl (C=O) groups excluding carboxylic acids is 1. The zero-order valence-corrected chi connectivity index (χ0v) is 6.48. The van der Waals surface area contributed by atoms with E-state index in [9.17, 15) is 14.4 Å². The molecule has 0 aromatic carbocycles. The van der Waals surface area contributed by atoms with Crippen molar-refractivity contribution < 1.29 is 24.6 Å². The third-order valence-corrected chi connectivity index (χ3v) is 1.11. The minimum absolute atomic E-state index is 0.706. The van der Waals surface area contributed by atoms with Crippen molar-refractivity contribution in [2.75, 3.05) is 0 Å². The number of carbonyl (C=O) groups is 3. The third kappa shape index (κ3) is 4.42. The topological polar surface area (TPSA) is 104 Å². The Morgan fingerprint density at radius 3 is 2.23 bits per heavy atom. The third-order valence-electron chi connectivity index (χ3n) is 1.11. The van der Waals surface area contributed by atoms with Gasteiger partial charge in [-0.3, -0.25) is 9.59 Å². The van der Waals surface area contributed by atoms with E-state index in [2.05, 4.69) is 6.42 Å². The first-order valence-corrected chi connectivity index (χ1v) is 3.19. The van der Waals surface area contributed by atoms with Crippen molar-refractivity contribution in [1.29, 1.82) is 0 Å². The molecule has 0 fully saturated rings. The second-order valence-corrected chi connectivity index (χ2v) is 2.11. The lowest BCUT2D eigenvalue weighted by Crippen LogP contribution is -2.41. The summed E-state index contributed by atoms with van der Waals surface area (Å²) in [6.45, 7) is 0. The lowest BCUT2D eigenvalue weighted by Gasteiger charge is -2.08. The SMILES string of the molecule is C#CC(=O)NC(CC(=O)O)C(=O)O. The van der Waals surface area contributed by atoms with Crippen LogP contribution in [-0.4, -0.2) is 34.1 Å². The highest BCUT2D eigenvalue weighted by molar-refractivity contribution is 5.96. The summed E-state index contributed by atoms with van der Waals surface area (Å²) in [5, 5.41) is 18.5. The minimum atomic E-state index is -1.49. The van der Waals surface area contributed by atoms with Gasteiger partial charge in [-0.05, 0) is 5.92 Å². The fraction of sp³-hybridized carbons (Fsp3) is 0.286. The fourth-order valence-electron chi connectivity index (χ4n) is 0.575. The van der Waals surface area contributed by atoms with Gasteiger partial charge >= 0.3 is 11.9 Å². The summed E-state index contributed by atoms with van der Waals surface area (Å²) in [7, 11) is 0. The van der Waals surface area contributed by atoms with Gasteiger partial charge in [0.25, 0.3) is 5.91 Å². The van der Waals surface area contributed by atoms with Crippen LogP contribution in [0.4, 0.5) is 0 Å². The molecule has 3 N–H and O–H groups in total. The summed E-state index contributed by atoms with van der Waals surface area (Å²) < 4.78 is 0. The summed E-state index contributed by atoms with van der Waals surface area (Å²) in [5.41, 5.74) is 0. The summed E-state index contributed by atoms with van der Waals surface area (Å²) in [6, 6.07) is -1.49. The highest BCUT2D eigenvalue weighted by Gasteiger charge is 2.21. The number of rotatable bonds is 4. The van der Waals surface area contributed by atoms with Crippen LogP contribution in [0.15, 0.2) is 0 Å². The predicted octanol–water partition coefficient (Wildman–Crippen LogP) is -1.34. The van der Waals surface area contributed by atoms with Gasteiger partial charge < -0.3 is 15.5 Å². The standard InChI is InChI=1S/C7H7NO5/c1-2-5(9)8-4(7(12)13)3-6(10)11/h1,4H,3H2,(H,8,9)(H,10,11)(H,12,13). The molecule has 0 radical (unpaired) electrons. The molecule has 0 spiro atoms.